The summed E-state index contributed by atoms with van der Waals surface area (Å²) in [5, 5.41) is 10.7. The lowest BCUT2D eigenvalue weighted by atomic mass is 10.2. The van der Waals surface area contributed by atoms with Crippen LogP contribution in [0, 0.1) is 6.58 Å². The van der Waals surface area contributed by atoms with Crippen molar-refractivity contribution < 1.29 is 5.11 Å². The van der Waals surface area contributed by atoms with Crippen molar-refractivity contribution in [1.82, 2.24) is 0 Å². The van der Waals surface area contributed by atoms with Gasteiger partial charge < -0.3 is 0 Å². The molecule has 0 unspecified atom stereocenters. The smallest absolute Gasteiger partial charge is 0.185 e. The fourth-order valence-corrected chi connectivity index (χ4v) is 0.618. The Balaban J connectivity index is 3.15. The lowest BCUT2D eigenvalue weighted by Crippen LogP contribution is -1.68. The van der Waals surface area contributed by atoms with Gasteiger partial charge in [0.05, 0.1) is 0 Å². The van der Waals surface area contributed by atoms with Gasteiger partial charge in [0.2, 0.25) is 0 Å². The van der Waals surface area contributed by atoms with Crippen molar-refractivity contribution >= 4 is 6.08 Å². The van der Waals surface area contributed by atoms with E-state index in [9.17, 15) is 5.11 Å². The van der Waals surface area contributed by atoms with E-state index in [0.29, 0.717) is 5.56 Å². The van der Waals surface area contributed by atoms with Gasteiger partial charge in [-0.05, 0) is 6.07 Å². The summed E-state index contributed by atoms with van der Waals surface area (Å²) in [6.07, 6.45) is 1.31. The molecule has 0 saturated carbocycles. The van der Waals surface area contributed by atoms with Crippen LogP contribution in [0.5, 0.6) is 5.75 Å². The largest absolute Gasteiger partial charge is 0.289 e. The van der Waals surface area contributed by atoms with Gasteiger partial charge in [-0.15, -0.1) is 0 Å². The Bertz CT molecular complexity index is 216. The summed E-state index contributed by atoms with van der Waals surface area (Å²) in [6.45, 7) is 5.13. The van der Waals surface area contributed by atoms with Crippen LogP contribution in [0.25, 0.3) is 6.08 Å². The molecular formula is C8H6O. The molecule has 0 aliphatic rings. The predicted molar refractivity (Wildman–Crippen MR) is 35.3 cm³/mol. The summed E-state index contributed by atoms with van der Waals surface area (Å²) in [7, 11) is 0. The minimum absolute atomic E-state index is 0.0278. The second-order valence-electron chi connectivity index (χ2n) is 1.70. The Morgan fingerprint density at radius 1 is 1.33 bits per heavy atom. The molecule has 0 aromatic heterocycles. The van der Waals surface area contributed by atoms with Gasteiger partial charge in [-0.1, -0.05) is 30.9 Å². The first-order valence-electron chi connectivity index (χ1n) is 2.65. The quantitative estimate of drug-likeness (QED) is 0.539. The minimum Gasteiger partial charge on any atom is -0.289 e. The maximum Gasteiger partial charge on any atom is 0.185 e. The highest BCUT2D eigenvalue weighted by Crippen LogP contribution is 2.16. The summed E-state index contributed by atoms with van der Waals surface area (Å²) in [5.41, 5.74) is 0.553. The van der Waals surface area contributed by atoms with Gasteiger partial charge in [0, 0.05) is 5.56 Å². The van der Waals surface area contributed by atoms with Gasteiger partial charge in [0.15, 0.2) is 5.75 Å². The predicted octanol–water partition coefficient (Wildman–Crippen LogP) is 2.28. The summed E-state index contributed by atoms with van der Waals surface area (Å²) in [6, 6.07) is 6.64. The third-order valence-electron chi connectivity index (χ3n) is 1.10. The SMILES string of the molecule is [CH]=Cc1ccccc1[O]. The van der Waals surface area contributed by atoms with E-state index in [1.807, 2.05) is 0 Å². The molecule has 0 bridgehead atoms. The number of hydrogen-bond donors (Lipinski definition) is 0. The zero-order valence-electron chi connectivity index (χ0n) is 4.87. The van der Waals surface area contributed by atoms with Gasteiger partial charge >= 0.3 is 0 Å². The van der Waals surface area contributed by atoms with Crippen LogP contribution in [0.2, 0.25) is 0 Å². The fraction of sp³-hybridized carbons (Fsp3) is 0. The average Bonchev–Trinajstić information content (AvgIpc) is 1.89. The number of para-hydroxylation sites is 1. The van der Waals surface area contributed by atoms with E-state index in [2.05, 4.69) is 0 Å². The number of hydrogen-bond acceptors (Lipinski definition) is 0. The van der Waals surface area contributed by atoms with E-state index in [1.165, 1.54) is 12.1 Å². The van der Waals surface area contributed by atoms with Crippen molar-refractivity contribution in [1.29, 1.82) is 0 Å². The van der Waals surface area contributed by atoms with E-state index in [0.717, 1.165) is 0 Å². The lowest BCUT2D eigenvalue weighted by Gasteiger charge is -1.90. The molecule has 0 fully saturated rings. The van der Waals surface area contributed by atoms with Gasteiger partial charge in [-0.25, -0.2) is 0 Å². The average molecular weight is 118 g/mol. The summed E-state index contributed by atoms with van der Waals surface area (Å²) in [4.78, 5) is 0. The van der Waals surface area contributed by atoms with Crippen LogP contribution in [-0.2, 0) is 5.11 Å². The molecule has 0 heterocycles. The molecule has 0 N–H and O–H groups in total. The van der Waals surface area contributed by atoms with E-state index in [1.54, 1.807) is 18.2 Å². The molecular weight excluding hydrogens is 112 g/mol. The molecule has 0 saturated heterocycles. The molecule has 0 amide bonds. The van der Waals surface area contributed by atoms with E-state index < -0.39 is 0 Å². The summed E-state index contributed by atoms with van der Waals surface area (Å²) < 4.78 is 0. The van der Waals surface area contributed by atoms with Crippen molar-refractivity contribution in [2.75, 3.05) is 0 Å². The van der Waals surface area contributed by atoms with E-state index in [-0.39, 0.29) is 5.75 Å². The molecule has 0 atom stereocenters. The summed E-state index contributed by atoms with van der Waals surface area (Å²) >= 11 is 0. The standard InChI is InChI=1S/C8H6O/c1-2-7-5-3-4-6-8(7)9/h1-6H. The monoisotopic (exact) mass is 118 g/mol. The highest BCUT2D eigenvalue weighted by atomic mass is 16.3. The molecule has 0 aliphatic heterocycles. The second-order valence-corrected chi connectivity index (χ2v) is 1.70. The molecule has 0 spiro atoms. The molecule has 9 heavy (non-hydrogen) atoms. The third-order valence-corrected chi connectivity index (χ3v) is 1.10. The van der Waals surface area contributed by atoms with Crippen molar-refractivity contribution in [3.8, 4) is 5.75 Å². The Morgan fingerprint density at radius 2 is 2.00 bits per heavy atom. The normalized spacial score (nSPS) is 8.89. The van der Waals surface area contributed by atoms with Crippen LogP contribution in [-0.4, -0.2) is 0 Å². The Labute approximate surface area is 54.3 Å². The van der Waals surface area contributed by atoms with Crippen LogP contribution in [0.3, 0.4) is 0 Å². The Morgan fingerprint density at radius 3 is 2.44 bits per heavy atom. The van der Waals surface area contributed by atoms with Crippen molar-refractivity contribution in [3.05, 3.63) is 36.4 Å². The molecule has 44 valence electrons. The van der Waals surface area contributed by atoms with Crippen molar-refractivity contribution in [2.45, 2.75) is 0 Å². The van der Waals surface area contributed by atoms with Gasteiger partial charge in [-0.3, -0.25) is 5.11 Å². The van der Waals surface area contributed by atoms with Crippen molar-refractivity contribution in [2.24, 2.45) is 0 Å². The van der Waals surface area contributed by atoms with Crippen LogP contribution in [0.4, 0.5) is 0 Å². The number of rotatable bonds is 1. The molecule has 1 aromatic carbocycles. The summed E-state index contributed by atoms with van der Waals surface area (Å²) in [5.74, 6) is -0.0278. The highest BCUT2D eigenvalue weighted by Gasteiger charge is 1.92. The Kier molecular flexibility index (Phi) is 1.54. The van der Waals surface area contributed by atoms with Gasteiger partial charge in [0.25, 0.3) is 0 Å². The minimum atomic E-state index is -0.0278. The van der Waals surface area contributed by atoms with Crippen LogP contribution in [0.15, 0.2) is 24.3 Å². The molecule has 2 radical (unpaired) electrons. The lowest BCUT2D eigenvalue weighted by molar-refractivity contribution is 0.354. The Hall–Kier alpha value is -1.24. The van der Waals surface area contributed by atoms with Crippen LogP contribution >= 0.6 is 0 Å². The highest BCUT2D eigenvalue weighted by molar-refractivity contribution is 5.53. The molecule has 1 aromatic rings. The van der Waals surface area contributed by atoms with Crippen LogP contribution in [0.1, 0.15) is 5.56 Å². The van der Waals surface area contributed by atoms with E-state index >= 15 is 0 Å². The maximum absolute atomic E-state index is 10.7. The first-order valence-corrected chi connectivity index (χ1v) is 2.65. The zero-order chi connectivity index (χ0) is 6.69. The first-order chi connectivity index (χ1) is 4.34. The molecule has 1 nitrogen and oxygen atoms in total. The van der Waals surface area contributed by atoms with Crippen LogP contribution < -0.4 is 0 Å². The fourth-order valence-electron chi connectivity index (χ4n) is 0.618. The first kappa shape index (κ1) is 5.89. The zero-order valence-corrected chi connectivity index (χ0v) is 4.87. The van der Waals surface area contributed by atoms with Gasteiger partial charge in [0.1, 0.15) is 0 Å². The van der Waals surface area contributed by atoms with Crippen molar-refractivity contribution in [3.63, 3.8) is 0 Å². The van der Waals surface area contributed by atoms with E-state index in [4.69, 9.17) is 6.58 Å². The molecule has 0 aliphatic carbocycles. The van der Waals surface area contributed by atoms with Gasteiger partial charge in [-0.2, -0.15) is 0 Å². The third kappa shape index (κ3) is 1.11. The molecule has 1 heteroatoms. The topological polar surface area (TPSA) is 19.9 Å². The maximum atomic E-state index is 10.7. The number of benzene rings is 1. The second kappa shape index (κ2) is 2.35. The molecule has 1 rings (SSSR count).